The van der Waals surface area contributed by atoms with Gasteiger partial charge in [0.05, 0.1) is 33.6 Å². The zero-order valence-electron chi connectivity index (χ0n) is 13.5. The van der Waals surface area contributed by atoms with Gasteiger partial charge in [-0.1, -0.05) is 0 Å². The standard InChI is InChI=1S/C7H7N3O2S.C6H9N3O2/c1-11-6-5(10-4-13)7(12-2)9-3-8-6;1-10-5-4(7)6(11-2)9-3-8-5/h3H,1-2H3;3H,7H2,1-2H3. The Bertz CT molecular complexity index is 679. The number of nitrogens with two attached hydrogens (primary N) is 1. The van der Waals surface area contributed by atoms with Gasteiger partial charge in [-0.15, -0.1) is 0 Å². The van der Waals surface area contributed by atoms with Crippen LogP contribution in [-0.2, 0) is 0 Å². The van der Waals surface area contributed by atoms with E-state index >= 15 is 0 Å². The Labute approximate surface area is 143 Å². The van der Waals surface area contributed by atoms with Crippen LogP contribution in [0.4, 0.5) is 11.4 Å². The van der Waals surface area contributed by atoms with Crippen LogP contribution in [0.3, 0.4) is 0 Å². The summed E-state index contributed by atoms with van der Waals surface area (Å²) >= 11 is 4.47. The van der Waals surface area contributed by atoms with E-state index < -0.39 is 0 Å². The summed E-state index contributed by atoms with van der Waals surface area (Å²) < 4.78 is 19.5. The number of rotatable bonds is 5. The van der Waals surface area contributed by atoms with Crippen molar-refractivity contribution in [2.24, 2.45) is 4.99 Å². The SMILES string of the molecule is COc1ncnc(OC)c1N.COc1ncnc(OC)c1N=C=S. The van der Waals surface area contributed by atoms with E-state index in [4.69, 9.17) is 24.7 Å². The molecule has 0 saturated heterocycles. The molecule has 0 spiro atoms. The Morgan fingerprint density at radius 2 is 1.21 bits per heavy atom. The second kappa shape index (κ2) is 9.87. The molecular formula is C13H16N6O4S. The van der Waals surface area contributed by atoms with E-state index in [1.807, 2.05) is 0 Å². The Kier molecular flexibility index (Phi) is 7.82. The molecule has 0 unspecified atom stereocenters. The van der Waals surface area contributed by atoms with Crippen molar-refractivity contribution in [1.29, 1.82) is 0 Å². The maximum atomic E-state index is 5.53. The lowest BCUT2D eigenvalue weighted by Gasteiger charge is -2.04. The average molecular weight is 352 g/mol. The number of aliphatic imine (C=N–C) groups is 1. The number of methoxy groups -OCH3 is 4. The smallest absolute Gasteiger partial charge is 0.247 e. The van der Waals surface area contributed by atoms with Crippen LogP contribution in [0.15, 0.2) is 17.6 Å². The molecular weight excluding hydrogens is 336 g/mol. The highest BCUT2D eigenvalue weighted by Crippen LogP contribution is 2.32. The zero-order valence-corrected chi connectivity index (χ0v) is 14.3. The molecule has 0 amide bonds. The third kappa shape index (κ3) is 4.73. The summed E-state index contributed by atoms with van der Waals surface area (Å²) in [5, 5.41) is 2.20. The molecule has 24 heavy (non-hydrogen) atoms. The largest absolute Gasteiger partial charge is 0.479 e. The number of thiocarbonyl (C=S) groups is 1. The minimum absolute atomic E-state index is 0.309. The highest BCUT2D eigenvalue weighted by Gasteiger charge is 2.10. The fraction of sp³-hybridized carbons (Fsp3) is 0.308. The third-order valence-corrected chi connectivity index (χ3v) is 2.59. The van der Waals surface area contributed by atoms with Crippen LogP contribution in [0.2, 0.25) is 0 Å². The molecule has 10 nitrogen and oxygen atoms in total. The molecule has 0 aliphatic heterocycles. The second-order valence-corrected chi connectivity index (χ2v) is 3.93. The van der Waals surface area contributed by atoms with Crippen molar-refractivity contribution in [3.8, 4) is 23.5 Å². The Hall–Kier alpha value is -3.04. The van der Waals surface area contributed by atoms with Crippen LogP contribution in [0.1, 0.15) is 0 Å². The first kappa shape index (κ1) is 19.0. The highest BCUT2D eigenvalue weighted by molar-refractivity contribution is 7.78. The van der Waals surface area contributed by atoms with Crippen molar-refractivity contribution in [2.75, 3.05) is 34.2 Å². The summed E-state index contributed by atoms with van der Waals surface area (Å²) in [4.78, 5) is 18.9. The van der Waals surface area contributed by atoms with E-state index in [0.29, 0.717) is 34.9 Å². The molecule has 2 rings (SSSR count). The van der Waals surface area contributed by atoms with Gasteiger partial charge in [0, 0.05) is 0 Å². The first-order chi connectivity index (χ1) is 11.6. The van der Waals surface area contributed by atoms with E-state index in [1.54, 1.807) is 0 Å². The molecule has 0 bridgehead atoms. The second-order valence-electron chi connectivity index (χ2n) is 3.75. The van der Waals surface area contributed by atoms with Crippen molar-refractivity contribution < 1.29 is 18.9 Å². The average Bonchev–Trinajstić information content (AvgIpc) is 2.63. The Morgan fingerprint density at radius 1 is 0.833 bits per heavy atom. The molecule has 0 fully saturated rings. The molecule has 0 radical (unpaired) electrons. The van der Waals surface area contributed by atoms with Crippen molar-refractivity contribution in [3.05, 3.63) is 12.7 Å². The lowest BCUT2D eigenvalue weighted by atomic mass is 10.5. The number of hydrogen-bond acceptors (Lipinski definition) is 11. The van der Waals surface area contributed by atoms with Gasteiger partial charge in [-0.2, -0.15) is 24.9 Å². The predicted molar refractivity (Wildman–Crippen MR) is 89.4 cm³/mol. The van der Waals surface area contributed by atoms with Crippen LogP contribution < -0.4 is 24.7 Å². The zero-order chi connectivity index (χ0) is 17.9. The van der Waals surface area contributed by atoms with Crippen LogP contribution >= 0.6 is 12.2 Å². The van der Waals surface area contributed by atoms with Crippen LogP contribution in [0, 0.1) is 0 Å². The van der Waals surface area contributed by atoms with Crippen LogP contribution in [0.25, 0.3) is 0 Å². The van der Waals surface area contributed by atoms with Gasteiger partial charge < -0.3 is 24.7 Å². The molecule has 0 aliphatic carbocycles. The Morgan fingerprint density at radius 3 is 1.54 bits per heavy atom. The quantitative estimate of drug-likeness (QED) is 0.621. The highest BCUT2D eigenvalue weighted by atomic mass is 32.1. The fourth-order valence-corrected chi connectivity index (χ4v) is 1.57. The molecule has 2 N–H and O–H groups in total. The minimum atomic E-state index is 0.309. The summed E-state index contributed by atoms with van der Waals surface area (Å²) in [6.07, 6.45) is 2.65. The number of isothiocyanates is 1. The summed E-state index contributed by atoms with van der Waals surface area (Å²) in [6.45, 7) is 0. The van der Waals surface area contributed by atoms with Gasteiger partial charge in [0.15, 0.2) is 11.4 Å². The molecule has 2 aromatic heterocycles. The number of anilines is 1. The predicted octanol–water partition coefficient (Wildman–Crippen LogP) is 1.30. The van der Waals surface area contributed by atoms with E-state index in [-0.39, 0.29) is 0 Å². The molecule has 0 aliphatic rings. The van der Waals surface area contributed by atoms with Gasteiger partial charge in [-0.3, -0.25) is 0 Å². The molecule has 0 atom stereocenters. The van der Waals surface area contributed by atoms with Crippen LogP contribution in [-0.4, -0.2) is 53.5 Å². The minimum Gasteiger partial charge on any atom is -0.479 e. The first-order valence-corrected chi connectivity index (χ1v) is 6.72. The van der Waals surface area contributed by atoms with Gasteiger partial charge in [0.25, 0.3) is 0 Å². The lowest BCUT2D eigenvalue weighted by Crippen LogP contribution is -2.00. The topological polar surface area (TPSA) is 127 Å². The maximum Gasteiger partial charge on any atom is 0.247 e. The monoisotopic (exact) mass is 352 g/mol. The molecule has 0 saturated carbocycles. The molecule has 128 valence electrons. The van der Waals surface area contributed by atoms with Crippen molar-refractivity contribution in [3.63, 3.8) is 0 Å². The number of nitrogen functional groups attached to an aromatic ring is 1. The van der Waals surface area contributed by atoms with Crippen molar-refractivity contribution >= 4 is 28.8 Å². The molecule has 11 heteroatoms. The summed E-state index contributed by atoms with van der Waals surface area (Å²) in [6, 6.07) is 0. The summed E-state index contributed by atoms with van der Waals surface area (Å²) in [5.74, 6) is 1.28. The number of aromatic nitrogens is 4. The van der Waals surface area contributed by atoms with Crippen LogP contribution in [0.5, 0.6) is 23.5 Å². The summed E-state index contributed by atoms with van der Waals surface area (Å²) in [7, 11) is 5.92. The lowest BCUT2D eigenvalue weighted by molar-refractivity contribution is 0.374. The van der Waals surface area contributed by atoms with Gasteiger partial charge in [-0.05, 0) is 12.2 Å². The van der Waals surface area contributed by atoms with Gasteiger partial charge in [0.1, 0.15) is 12.7 Å². The van der Waals surface area contributed by atoms with Crippen molar-refractivity contribution in [2.45, 2.75) is 0 Å². The number of hydrogen-bond donors (Lipinski definition) is 1. The van der Waals surface area contributed by atoms with Crippen molar-refractivity contribution in [1.82, 2.24) is 19.9 Å². The van der Waals surface area contributed by atoms with Gasteiger partial charge in [-0.25, -0.2) is 0 Å². The molecule has 2 aromatic rings. The molecule has 0 aromatic carbocycles. The van der Waals surface area contributed by atoms with E-state index in [9.17, 15) is 0 Å². The van der Waals surface area contributed by atoms with Gasteiger partial charge in [0.2, 0.25) is 23.5 Å². The first-order valence-electron chi connectivity index (χ1n) is 6.32. The summed E-state index contributed by atoms with van der Waals surface area (Å²) in [5.41, 5.74) is 6.20. The van der Waals surface area contributed by atoms with E-state index in [1.165, 1.54) is 41.1 Å². The normalized spacial score (nSPS) is 9.00. The maximum absolute atomic E-state index is 5.53. The van der Waals surface area contributed by atoms with E-state index in [0.717, 1.165) is 0 Å². The number of ether oxygens (including phenoxy) is 4. The number of nitrogens with zero attached hydrogens (tertiary/aromatic N) is 5. The fourth-order valence-electron chi connectivity index (χ4n) is 1.48. The molecule has 2 heterocycles. The third-order valence-electron chi connectivity index (χ3n) is 2.50. The van der Waals surface area contributed by atoms with Gasteiger partial charge >= 0.3 is 0 Å². The van der Waals surface area contributed by atoms with E-state index in [2.05, 4.69) is 42.3 Å². The Balaban J connectivity index is 0.000000243.